The average Bonchev–Trinajstić information content (AvgIpc) is 3.19. The maximum atomic E-state index is 12.5. The lowest BCUT2D eigenvalue weighted by atomic mass is 9.99. The third kappa shape index (κ3) is 3.58. The predicted molar refractivity (Wildman–Crippen MR) is 85.7 cm³/mol. The molecule has 1 N–H and O–H groups in total. The van der Waals surface area contributed by atoms with Gasteiger partial charge >= 0.3 is 0 Å². The zero-order valence-electron chi connectivity index (χ0n) is 13.5. The molecule has 128 valence electrons. The molecule has 3 rings (SSSR count). The van der Waals surface area contributed by atoms with Gasteiger partial charge in [0.15, 0.2) is 9.84 Å². The van der Waals surface area contributed by atoms with Gasteiger partial charge in [-0.25, -0.2) is 8.42 Å². The fourth-order valence-electron chi connectivity index (χ4n) is 3.57. The van der Waals surface area contributed by atoms with Crippen molar-refractivity contribution < 1.29 is 13.2 Å². The Labute approximate surface area is 137 Å². The van der Waals surface area contributed by atoms with Crippen LogP contribution < -0.4 is 0 Å². The van der Waals surface area contributed by atoms with E-state index in [-0.39, 0.29) is 16.8 Å². The molecule has 1 aromatic rings. The van der Waals surface area contributed by atoms with Crippen LogP contribution in [0.4, 0.5) is 0 Å². The molecule has 1 aromatic heterocycles. The predicted octanol–water partition coefficient (Wildman–Crippen LogP) is 0.963. The van der Waals surface area contributed by atoms with Gasteiger partial charge < -0.3 is 4.90 Å². The largest absolute Gasteiger partial charge is 0.342 e. The second-order valence-electron chi connectivity index (χ2n) is 6.49. The summed E-state index contributed by atoms with van der Waals surface area (Å²) in [6.07, 6.45) is 7.64. The molecule has 7 nitrogen and oxygen atoms in total. The van der Waals surface area contributed by atoms with E-state index in [4.69, 9.17) is 0 Å². The van der Waals surface area contributed by atoms with Crippen molar-refractivity contribution in [2.24, 2.45) is 0 Å². The number of hydrogen-bond acceptors (Lipinski definition) is 5. The smallest absolute Gasteiger partial charge is 0.236 e. The Kier molecular flexibility index (Phi) is 4.72. The van der Waals surface area contributed by atoms with E-state index in [9.17, 15) is 13.2 Å². The second kappa shape index (κ2) is 6.60. The molecule has 2 fully saturated rings. The van der Waals surface area contributed by atoms with E-state index in [2.05, 4.69) is 15.1 Å². The molecular formula is C15H24N4O3S. The molecule has 0 spiro atoms. The van der Waals surface area contributed by atoms with Crippen LogP contribution in [0.3, 0.4) is 0 Å². The van der Waals surface area contributed by atoms with E-state index in [0.29, 0.717) is 12.2 Å². The summed E-state index contributed by atoms with van der Waals surface area (Å²) in [5, 5.41) is 6.79. The van der Waals surface area contributed by atoms with Gasteiger partial charge in [-0.3, -0.25) is 14.8 Å². The van der Waals surface area contributed by atoms with E-state index < -0.39 is 9.84 Å². The Hall–Kier alpha value is -1.41. The number of carbonyl (C=O) groups is 1. The van der Waals surface area contributed by atoms with Crippen LogP contribution in [0, 0.1) is 0 Å². The van der Waals surface area contributed by atoms with Gasteiger partial charge in [-0.2, -0.15) is 5.10 Å². The monoisotopic (exact) mass is 340 g/mol. The van der Waals surface area contributed by atoms with Crippen LogP contribution in [-0.2, 0) is 14.6 Å². The molecule has 2 saturated heterocycles. The molecule has 0 aliphatic carbocycles. The average molecular weight is 340 g/mol. The zero-order valence-corrected chi connectivity index (χ0v) is 14.3. The number of H-pyrrole nitrogens is 1. The number of piperidine rings is 1. The second-order valence-corrected chi connectivity index (χ2v) is 8.47. The Bertz CT molecular complexity index is 664. The number of nitrogens with zero attached hydrogens (tertiary/aromatic N) is 3. The van der Waals surface area contributed by atoms with Crippen molar-refractivity contribution >= 4 is 15.7 Å². The summed E-state index contributed by atoms with van der Waals surface area (Å²) in [6.45, 7) is 2.85. The molecule has 0 aromatic carbocycles. The van der Waals surface area contributed by atoms with Crippen molar-refractivity contribution in [1.82, 2.24) is 20.0 Å². The summed E-state index contributed by atoms with van der Waals surface area (Å²) in [4.78, 5) is 16.7. The first-order chi connectivity index (χ1) is 11.0. The molecule has 8 heteroatoms. The van der Waals surface area contributed by atoms with Gasteiger partial charge in [0.05, 0.1) is 24.5 Å². The summed E-state index contributed by atoms with van der Waals surface area (Å²) in [5.41, 5.74) is 0.626. The fraction of sp³-hybridized carbons (Fsp3) is 0.733. The highest BCUT2D eigenvalue weighted by Gasteiger charge is 2.32. The number of sulfone groups is 1. The highest BCUT2D eigenvalue weighted by molar-refractivity contribution is 7.90. The summed E-state index contributed by atoms with van der Waals surface area (Å²) < 4.78 is 23.9. The lowest BCUT2D eigenvalue weighted by molar-refractivity contribution is -0.132. The van der Waals surface area contributed by atoms with Gasteiger partial charge in [-0.1, -0.05) is 6.42 Å². The zero-order chi connectivity index (χ0) is 16.4. The van der Waals surface area contributed by atoms with E-state index in [0.717, 1.165) is 51.7 Å². The molecule has 1 unspecified atom stereocenters. The van der Waals surface area contributed by atoms with Crippen molar-refractivity contribution in [1.29, 1.82) is 0 Å². The summed E-state index contributed by atoms with van der Waals surface area (Å²) >= 11 is 0. The number of rotatable bonds is 4. The van der Waals surface area contributed by atoms with Crippen LogP contribution in [-0.4, -0.2) is 66.8 Å². The number of carbonyl (C=O) groups excluding carboxylic acids is 1. The third-order valence-corrected chi connectivity index (χ3v) is 5.90. The van der Waals surface area contributed by atoms with Gasteiger partial charge in [0, 0.05) is 19.3 Å². The minimum atomic E-state index is -3.32. The molecule has 0 radical (unpaired) electrons. The maximum absolute atomic E-state index is 12.5. The van der Waals surface area contributed by atoms with Crippen LogP contribution in [0.5, 0.6) is 0 Å². The number of hydrogen-bond donors (Lipinski definition) is 1. The molecule has 0 saturated carbocycles. The van der Waals surface area contributed by atoms with Gasteiger partial charge in [0.2, 0.25) is 5.91 Å². The maximum Gasteiger partial charge on any atom is 0.236 e. The lowest BCUT2D eigenvalue weighted by Crippen LogP contribution is -2.43. The number of amides is 1. The van der Waals surface area contributed by atoms with Crippen molar-refractivity contribution in [3.05, 3.63) is 11.9 Å². The van der Waals surface area contributed by atoms with Crippen LogP contribution in [0.15, 0.2) is 11.1 Å². The normalized spacial score (nSPS) is 23.3. The fourth-order valence-corrected chi connectivity index (χ4v) is 4.39. The Morgan fingerprint density at radius 3 is 2.65 bits per heavy atom. The van der Waals surface area contributed by atoms with Crippen LogP contribution in [0.2, 0.25) is 0 Å². The Morgan fingerprint density at radius 1 is 1.26 bits per heavy atom. The van der Waals surface area contributed by atoms with Crippen molar-refractivity contribution in [2.75, 3.05) is 32.4 Å². The minimum absolute atomic E-state index is 0.0810. The first-order valence-corrected chi connectivity index (χ1v) is 10.1. The van der Waals surface area contributed by atoms with Crippen LogP contribution >= 0.6 is 0 Å². The molecule has 1 atom stereocenters. The molecule has 1 amide bonds. The quantitative estimate of drug-likeness (QED) is 0.882. The van der Waals surface area contributed by atoms with Crippen molar-refractivity contribution in [3.8, 4) is 0 Å². The Balaban J connectivity index is 1.79. The van der Waals surface area contributed by atoms with Crippen LogP contribution in [0.1, 0.15) is 43.8 Å². The number of aromatic amines is 1. The van der Waals surface area contributed by atoms with Gasteiger partial charge in [0.25, 0.3) is 0 Å². The van der Waals surface area contributed by atoms with Gasteiger partial charge in [-0.15, -0.1) is 0 Å². The van der Waals surface area contributed by atoms with Crippen molar-refractivity contribution in [2.45, 2.75) is 43.0 Å². The number of likely N-dealkylation sites (tertiary alicyclic amines) is 2. The molecule has 0 bridgehead atoms. The highest BCUT2D eigenvalue weighted by atomic mass is 32.2. The number of aromatic nitrogens is 2. The lowest BCUT2D eigenvalue weighted by Gasteiger charge is -2.35. The molecule has 2 aliphatic heterocycles. The molecule has 3 heterocycles. The minimum Gasteiger partial charge on any atom is -0.342 e. The summed E-state index contributed by atoms with van der Waals surface area (Å²) in [5.74, 6) is 0.148. The topological polar surface area (TPSA) is 86.4 Å². The Morgan fingerprint density at radius 2 is 1.96 bits per heavy atom. The SMILES string of the molecule is CS(=O)(=O)c1cn[nH]c1C1CCCCN1CC(=O)N1CCCC1. The highest BCUT2D eigenvalue weighted by Crippen LogP contribution is 2.33. The van der Waals surface area contributed by atoms with Gasteiger partial charge in [-0.05, 0) is 32.2 Å². The van der Waals surface area contributed by atoms with E-state index in [1.54, 1.807) is 0 Å². The van der Waals surface area contributed by atoms with E-state index in [1.807, 2.05) is 4.90 Å². The van der Waals surface area contributed by atoms with Crippen LogP contribution in [0.25, 0.3) is 0 Å². The number of nitrogens with one attached hydrogen (secondary N) is 1. The van der Waals surface area contributed by atoms with Crippen molar-refractivity contribution in [3.63, 3.8) is 0 Å². The summed E-state index contributed by atoms with van der Waals surface area (Å²) in [7, 11) is -3.32. The first kappa shape index (κ1) is 16.4. The molecule has 23 heavy (non-hydrogen) atoms. The van der Waals surface area contributed by atoms with E-state index in [1.165, 1.54) is 12.5 Å². The van der Waals surface area contributed by atoms with Gasteiger partial charge in [0.1, 0.15) is 4.90 Å². The molecular weight excluding hydrogens is 316 g/mol. The third-order valence-electron chi connectivity index (χ3n) is 4.78. The van der Waals surface area contributed by atoms with E-state index >= 15 is 0 Å². The molecule has 2 aliphatic rings. The first-order valence-electron chi connectivity index (χ1n) is 8.22. The summed E-state index contributed by atoms with van der Waals surface area (Å²) in [6, 6.07) is -0.0810. The standard InChI is InChI=1S/C15H24N4O3S/c1-23(21,22)13-10-16-17-15(13)12-6-2-3-9-19(12)11-14(20)18-7-4-5-8-18/h10,12H,2-9,11H2,1H3,(H,16,17).